The molecule has 1 unspecified atom stereocenters. The molecule has 0 saturated heterocycles. The lowest BCUT2D eigenvalue weighted by Gasteiger charge is -2.15. The SMILES string of the molecule is Cc1cscc1C(=O)NC(C)c1ccc(NC(=O)NC2CC2)cc1. The maximum absolute atomic E-state index is 12.3. The third kappa shape index (κ3) is 4.14. The Bertz CT molecular complexity index is 735. The molecule has 3 N–H and O–H groups in total. The number of carbonyl (C=O) groups excluding carboxylic acids is 2. The average Bonchev–Trinajstić information content (AvgIpc) is 3.25. The summed E-state index contributed by atoms with van der Waals surface area (Å²) in [5.41, 5.74) is 3.45. The van der Waals surface area contributed by atoms with E-state index in [1.807, 2.05) is 48.9 Å². The van der Waals surface area contributed by atoms with Crippen LogP contribution >= 0.6 is 11.3 Å². The van der Waals surface area contributed by atoms with E-state index in [2.05, 4.69) is 16.0 Å². The summed E-state index contributed by atoms with van der Waals surface area (Å²) >= 11 is 1.53. The van der Waals surface area contributed by atoms with Gasteiger partial charge in [0.15, 0.2) is 0 Å². The van der Waals surface area contributed by atoms with Crippen molar-refractivity contribution < 1.29 is 9.59 Å². The molecule has 2 aromatic rings. The Morgan fingerprint density at radius 3 is 2.46 bits per heavy atom. The Morgan fingerprint density at radius 2 is 1.88 bits per heavy atom. The molecule has 1 aromatic heterocycles. The number of thiophene rings is 1. The lowest BCUT2D eigenvalue weighted by atomic mass is 10.1. The minimum atomic E-state index is -0.167. The van der Waals surface area contributed by atoms with Crippen LogP contribution < -0.4 is 16.0 Å². The smallest absolute Gasteiger partial charge is 0.319 e. The van der Waals surface area contributed by atoms with Crippen LogP contribution in [-0.4, -0.2) is 18.0 Å². The average molecular weight is 343 g/mol. The van der Waals surface area contributed by atoms with E-state index in [1.165, 1.54) is 11.3 Å². The van der Waals surface area contributed by atoms with Gasteiger partial charge in [-0.15, -0.1) is 0 Å². The molecule has 1 aliphatic carbocycles. The van der Waals surface area contributed by atoms with Crippen LogP contribution in [0.2, 0.25) is 0 Å². The molecular formula is C18H21N3O2S. The van der Waals surface area contributed by atoms with Crippen molar-refractivity contribution in [3.8, 4) is 0 Å². The molecular weight excluding hydrogens is 322 g/mol. The number of amides is 3. The van der Waals surface area contributed by atoms with Crippen LogP contribution in [0.3, 0.4) is 0 Å². The van der Waals surface area contributed by atoms with Crippen molar-refractivity contribution in [1.29, 1.82) is 0 Å². The zero-order valence-electron chi connectivity index (χ0n) is 13.8. The van der Waals surface area contributed by atoms with E-state index in [1.54, 1.807) is 0 Å². The topological polar surface area (TPSA) is 70.2 Å². The number of carbonyl (C=O) groups is 2. The minimum absolute atomic E-state index is 0.0627. The highest BCUT2D eigenvalue weighted by molar-refractivity contribution is 7.08. The van der Waals surface area contributed by atoms with Gasteiger partial charge in [-0.05, 0) is 55.3 Å². The van der Waals surface area contributed by atoms with Crippen molar-refractivity contribution in [2.75, 3.05) is 5.32 Å². The molecule has 1 atom stereocenters. The molecule has 3 rings (SSSR count). The van der Waals surface area contributed by atoms with Gasteiger partial charge in [0.05, 0.1) is 11.6 Å². The van der Waals surface area contributed by atoms with E-state index in [9.17, 15) is 9.59 Å². The largest absolute Gasteiger partial charge is 0.345 e. The molecule has 1 aliphatic rings. The van der Waals surface area contributed by atoms with Gasteiger partial charge in [0.25, 0.3) is 5.91 Å². The molecule has 1 heterocycles. The highest BCUT2D eigenvalue weighted by Crippen LogP contribution is 2.20. The summed E-state index contributed by atoms with van der Waals surface area (Å²) in [4.78, 5) is 24.0. The molecule has 3 amide bonds. The first-order chi connectivity index (χ1) is 11.5. The first-order valence-electron chi connectivity index (χ1n) is 8.04. The standard InChI is InChI=1S/C18H21N3O2S/c1-11-9-24-10-16(11)17(22)19-12(2)13-3-5-14(6-4-13)20-18(23)21-15-7-8-15/h3-6,9-10,12,15H,7-8H2,1-2H3,(H,19,22)(H2,20,21,23). The van der Waals surface area contributed by atoms with Crippen LogP contribution in [0.5, 0.6) is 0 Å². The molecule has 0 radical (unpaired) electrons. The molecule has 5 nitrogen and oxygen atoms in total. The Hall–Kier alpha value is -2.34. The van der Waals surface area contributed by atoms with Crippen molar-refractivity contribution in [3.05, 3.63) is 51.7 Å². The summed E-state index contributed by atoms with van der Waals surface area (Å²) in [7, 11) is 0. The van der Waals surface area contributed by atoms with E-state index in [0.29, 0.717) is 6.04 Å². The summed E-state index contributed by atoms with van der Waals surface area (Å²) in [6, 6.07) is 7.59. The second-order valence-electron chi connectivity index (χ2n) is 6.16. The Balaban J connectivity index is 1.57. The van der Waals surface area contributed by atoms with Crippen LogP contribution in [0.15, 0.2) is 35.0 Å². The molecule has 126 valence electrons. The predicted octanol–water partition coefficient (Wildman–Crippen LogP) is 3.83. The molecule has 24 heavy (non-hydrogen) atoms. The summed E-state index contributed by atoms with van der Waals surface area (Å²) in [5.74, 6) is -0.0627. The zero-order valence-corrected chi connectivity index (χ0v) is 14.6. The first kappa shape index (κ1) is 16.5. The molecule has 0 spiro atoms. The lowest BCUT2D eigenvalue weighted by molar-refractivity contribution is 0.0939. The van der Waals surface area contributed by atoms with Crippen molar-refractivity contribution in [3.63, 3.8) is 0 Å². The van der Waals surface area contributed by atoms with Gasteiger partial charge < -0.3 is 16.0 Å². The van der Waals surface area contributed by atoms with Crippen molar-refractivity contribution in [2.24, 2.45) is 0 Å². The van der Waals surface area contributed by atoms with E-state index in [0.717, 1.165) is 35.2 Å². The summed E-state index contributed by atoms with van der Waals surface area (Å²) in [5, 5.41) is 12.5. The third-order valence-electron chi connectivity index (χ3n) is 4.03. The minimum Gasteiger partial charge on any atom is -0.345 e. The number of rotatable bonds is 5. The van der Waals surface area contributed by atoms with E-state index < -0.39 is 0 Å². The molecule has 0 bridgehead atoms. The van der Waals surface area contributed by atoms with E-state index in [4.69, 9.17) is 0 Å². The highest BCUT2D eigenvalue weighted by atomic mass is 32.1. The van der Waals surface area contributed by atoms with Crippen LogP contribution in [-0.2, 0) is 0 Å². The highest BCUT2D eigenvalue weighted by Gasteiger charge is 2.23. The van der Waals surface area contributed by atoms with Gasteiger partial charge in [0.2, 0.25) is 0 Å². The van der Waals surface area contributed by atoms with Gasteiger partial charge in [0.1, 0.15) is 0 Å². The third-order valence-corrected chi connectivity index (χ3v) is 4.89. The Labute approximate surface area is 145 Å². The van der Waals surface area contributed by atoms with Crippen molar-refractivity contribution >= 4 is 29.0 Å². The van der Waals surface area contributed by atoms with E-state index in [-0.39, 0.29) is 18.0 Å². The number of urea groups is 1. The molecule has 1 saturated carbocycles. The van der Waals surface area contributed by atoms with Crippen molar-refractivity contribution in [1.82, 2.24) is 10.6 Å². The second-order valence-corrected chi connectivity index (χ2v) is 6.90. The molecule has 6 heteroatoms. The van der Waals surface area contributed by atoms with Crippen LogP contribution in [0.1, 0.15) is 47.3 Å². The summed E-state index contributed by atoms with van der Waals surface area (Å²) in [6.45, 7) is 3.88. The molecule has 0 aliphatic heterocycles. The van der Waals surface area contributed by atoms with E-state index >= 15 is 0 Å². The van der Waals surface area contributed by atoms with Crippen LogP contribution in [0.4, 0.5) is 10.5 Å². The molecule has 1 aromatic carbocycles. The fourth-order valence-corrected chi connectivity index (χ4v) is 3.21. The first-order valence-corrected chi connectivity index (χ1v) is 8.98. The predicted molar refractivity (Wildman–Crippen MR) is 96.6 cm³/mol. The number of nitrogens with one attached hydrogen (secondary N) is 3. The quantitative estimate of drug-likeness (QED) is 0.772. The summed E-state index contributed by atoms with van der Waals surface area (Å²) in [6.07, 6.45) is 2.13. The van der Waals surface area contributed by atoms with Crippen LogP contribution in [0.25, 0.3) is 0 Å². The fraction of sp³-hybridized carbons (Fsp3) is 0.333. The summed E-state index contributed by atoms with van der Waals surface area (Å²) < 4.78 is 0. The van der Waals surface area contributed by atoms with Gasteiger partial charge >= 0.3 is 6.03 Å². The Morgan fingerprint density at radius 1 is 1.17 bits per heavy atom. The number of aryl methyl sites for hydroxylation is 1. The maximum Gasteiger partial charge on any atom is 0.319 e. The van der Waals surface area contributed by atoms with Crippen molar-refractivity contribution in [2.45, 2.75) is 38.8 Å². The number of benzene rings is 1. The normalized spacial score (nSPS) is 14.8. The Kier molecular flexibility index (Phi) is 4.85. The zero-order chi connectivity index (χ0) is 17.1. The van der Waals surface area contributed by atoms with Crippen LogP contribution in [0, 0.1) is 6.92 Å². The fourth-order valence-electron chi connectivity index (χ4n) is 2.39. The second kappa shape index (κ2) is 7.05. The number of hydrogen-bond acceptors (Lipinski definition) is 3. The van der Waals surface area contributed by atoms with Gasteiger partial charge in [-0.3, -0.25) is 4.79 Å². The lowest BCUT2D eigenvalue weighted by Crippen LogP contribution is -2.30. The number of anilines is 1. The van der Waals surface area contributed by atoms with Gasteiger partial charge in [-0.1, -0.05) is 12.1 Å². The molecule has 1 fully saturated rings. The van der Waals surface area contributed by atoms with Gasteiger partial charge in [-0.25, -0.2) is 4.79 Å². The monoisotopic (exact) mass is 343 g/mol. The van der Waals surface area contributed by atoms with Gasteiger partial charge in [-0.2, -0.15) is 11.3 Å². The maximum atomic E-state index is 12.3. The van der Waals surface area contributed by atoms with Gasteiger partial charge in [0, 0.05) is 17.1 Å². The number of hydrogen-bond donors (Lipinski definition) is 3.